The van der Waals surface area contributed by atoms with Crippen molar-refractivity contribution in [1.82, 2.24) is 5.32 Å². The zero-order valence-electron chi connectivity index (χ0n) is 11.0. The van der Waals surface area contributed by atoms with Crippen LogP contribution in [0.15, 0.2) is 28.7 Å². The molecule has 0 heterocycles. The fourth-order valence-electron chi connectivity index (χ4n) is 2.75. The summed E-state index contributed by atoms with van der Waals surface area (Å²) in [5, 5.41) is 13.4. The molecule has 1 aliphatic carbocycles. The van der Waals surface area contributed by atoms with E-state index in [0.717, 1.165) is 10.0 Å². The fraction of sp³-hybridized carbons (Fsp3) is 0.600. The van der Waals surface area contributed by atoms with Crippen LogP contribution in [0.4, 0.5) is 0 Å². The van der Waals surface area contributed by atoms with Crippen molar-refractivity contribution in [3.8, 4) is 0 Å². The third-order valence-corrected chi connectivity index (χ3v) is 4.40. The van der Waals surface area contributed by atoms with Crippen molar-refractivity contribution >= 4 is 15.9 Å². The standard InChI is InChI=1S/C15H22BrNO/c1-15(11-18,12-6-5-7-13(16)10-12)17-14-8-3-2-4-9-14/h5-7,10,14,17-18H,2-4,8-9,11H2,1H3. The summed E-state index contributed by atoms with van der Waals surface area (Å²) in [6, 6.07) is 8.75. The number of hydrogen-bond acceptors (Lipinski definition) is 2. The summed E-state index contributed by atoms with van der Waals surface area (Å²) in [6.07, 6.45) is 6.41. The van der Waals surface area contributed by atoms with Gasteiger partial charge in [-0.05, 0) is 37.5 Å². The van der Waals surface area contributed by atoms with E-state index in [2.05, 4.69) is 40.3 Å². The van der Waals surface area contributed by atoms with Crippen molar-refractivity contribution in [1.29, 1.82) is 0 Å². The van der Waals surface area contributed by atoms with E-state index in [4.69, 9.17) is 0 Å². The minimum atomic E-state index is -0.341. The summed E-state index contributed by atoms with van der Waals surface area (Å²) in [6.45, 7) is 2.21. The molecule has 0 saturated heterocycles. The van der Waals surface area contributed by atoms with Crippen LogP contribution in [0.3, 0.4) is 0 Å². The maximum Gasteiger partial charge on any atom is 0.0652 e. The largest absolute Gasteiger partial charge is 0.394 e. The van der Waals surface area contributed by atoms with Crippen molar-refractivity contribution in [2.24, 2.45) is 0 Å². The van der Waals surface area contributed by atoms with Gasteiger partial charge >= 0.3 is 0 Å². The highest BCUT2D eigenvalue weighted by Gasteiger charge is 2.29. The number of halogens is 1. The molecule has 3 heteroatoms. The molecule has 1 aromatic rings. The van der Waals surface area contributed by atoms with E-state index in [-0.39, 0.29) is 12.1 Å². The predicted molar refractivity (Wildman–Crippen MR) is 78.6 cm³/mol. The Kier molecular flexibility index (Phi) is 4.82. The SMILES string of the molecule is CC(CO)(NC1CCCCC1)c1cccc(Br)c1. The molecule has 0 aliphatic heterocycles. The van der Waals surface area contributed by atoms with Gasteiger partial charge in [-0.2, -0.15) is 0 Å². The zero-order chi connectivity index (χ0) is 13.0. The van der Waals surface area contributed by atoms with Gasteiger partial charge in [-0.1, -0.05) is 47.3 Å². The lowest BCUT2D eigenvalue weighted by atomic mass is 9.88. The first-order chi connectivity index (χ1) is 8.64. The third-order valence-electron chi connectivity index (χ3n) is 3.91. The van der Waals surface area contributed by atoms with Crippen LogP contribution >= 0.6 is 15.9 Å². The molecule has 100 valence electrons. The minimum absolute atomic E-state index is 0.125. The van der Waals surface area contributed by atoms with Crippen LogP contribution in [0, 0.1) is 0 Å². The molecule has 2 nitrogen and oxygen atoms in total. The average molecular weight is 312 g/mol. The topological polar surface area (TPSA) is 32.3 Å². The number of benzene rings is 1. The van der Waals surface area contributed by atoms with Gasteiger partial charge in [-0.15, -0.1) is 0 Å². The quantitative estimate of drug-likeness (QED) is 0.891. The van der Waals surface area contributed by atoms with E-state index in [1.165, 1.54) is 32.1 Å². The molecule has 1 aromatic carbocycles. The summed E-state index contributed by atoms with van der Waals surface area (Å²) in [5.74, 6) is 0. The smallest absolute Gasteiger partial charge is 0.0652 e. The molecule has 18 heavy (non-hydrogen) atoms. The lowest BCUT2D eigenvalue weighted by Gasteiger charge is -2.36. The van der Waals surface area contributed by atoms with Gasteiger partial charge in [0.1, 0.15) is 0 Å². The van der Waals surface area contributed by atoms with Gasteiger partial charge in [0.15, 0.2) is 0 Å². The first-order valence-corrected chi connectivity index (χ1v) is 7.58. The van der Waals surface area contributed by atoms with Gasteiger partial charge in [0.2, 0.25) is 0 Å². The Morgan fingerprint density at radius 1 is 1.33 bits per heavy atom. The fourth-order valence-corrected chi connectivity index (χ4v) is 3.15. The first kappa shape index (κ1) is 14.0. The lowest BCUT2D eigenvalue weighted by Crippen LogP contribution is -2.49. The van der Waals surface area contributed by atoms with Crippen LogP contribution in [-0.2, 0) is 5.54 Å². The summed E-state index contributed by atoms with van der Waals surface area (Å²) < 4.78 is 1.06. The van der Waals surface area contributed by atoms with E-state index >= 15 is 0 Å². The second kappa shape index (κ2) is 6.18. The number of hydrogen-bond donors (Lipinski definition) is 2. The molecule has 1 saturated carbocycles. The molecule has 2 rings (SSSR count). The molecule has 0 amide bonds. The number of aliphatic hydroxyl groups excluding tert-OH is 1. The van der Waals surface area contributed by atoms with Crippen molar-refractivity contribution in [3.63, 3.8) is 0 Å². The lowest BCUT2D eigenvalue weighted by molar-refractivity contribution is 0.150. The van der Waals surface area contributed by atoms with Gasteiger partial charge in [0.05, 0.1) is 12.1 Å². The van der Waals surface area contributed by atoms with E-state index in [1.807, 2.05) is 12.1 Å². The average Bonchev–Trinajstić information content (AvgIpc) is 2.40. The number of aliphatic hydroxyl groups is 1. The second-order valence-corrected chi connectivity index (χ2v) is 6.40. The number of nitrogens with one attached hydrogen (secondary N) is 1. The summed E-state index contributed by atoms with van der Waals surface area (Å²) >= 11 is 3.50. The van der Waals surface area contributed by atoms with E-state index in [1.54, 1.807) is 0 Å². The zero-order valence-corrected chi connectivity index (χ0v) is 12.5. The second-order valence-electron chi connectivity index (χ2n) is 5.48. The van der Waals surface area contributed by atoms with E-state index in [9.17, 15) is 5.11 Å². The maximum atomic E-state index is 9.78. The first-order valence-electron chi connectivity index (χ1n) is 6.79. The minimum Gasteiger partial charge on any atom is -0.394 e. The Hall–Kier alpha value is -0.380. The van der Waals surface area contributed by atoms with Crippen molar-refractivity contribution < 1.29 is 5.11 Å². The molecule has 1 fully saturated rings. The van der Waals surface area contributed by atoms with Gasteiger partial charge in [0.25, 0.3) is 0 Å². The Morgan fingerprint density at radius 3 is 2.67 bits per heavy atom. The summed E-state index contributed by atoms with van der Waals surface area (Å²) in [4.78, 5) is 0. The van der Waals surface area contributed by atoms with Crippen molar-refractivity contribution in [3.05, 3.63) is 34.3 Å². The normalized spacial score (nSPS) is 20.6. The molecular weight excluding hydrogens is 290 g/mol. The van der Waals surface area contributed by atoms with Crippen LogP contribution in [0.2, 0.25) is 0 Å². The molecule has 1 atom stereocenters. The molecule has 0 spiro atoms. The van der Waals surface area contributed by atoms with Crippen LogP contribution in [-0.4, -0.2) is 17.8 Å². The summed E-state index contributed by atoms with van der Waals surface area (Å²) in [7, 11) is 0. The van der Waals surface area contributed by atoms with Crippen LogP contribution < -0.4 is 5.32 Å². The van der Waals surface area contributed by atoms with Crippen LogP contribution in [0.5, 0.6) is 0 Å². The predicted octanol–water partition coefficient (Wildman–Crippen LogP) is 3.58. The molecule has 2 N–H and O–H groups in total. The van der Waals surface area contributed by atoms with Gasteiger partial charge in [-0.3, -0.25) is 0 Å². The highest BCUT2D eigenvalue weighted by Crippen LogP contribution is 2.27. The molecular formula is C15H22BrNO. The number of rotatable bonds is 4. The molecule has 1 aliphatic rings. The van der Waals surface area contributed by atoms with E-state index < -0.39 is 0 Å². The van der Waals surface area contributed by atoms with E-state index in [0.29, 0.717) is 6.04 Å². The summed E-state index contributed by atoms with van der Waals surface area (Å²) in [5.41, 5.74) is 0.802. The Bertz CT molecular complexity index is 390. The van der Waals surface area contributed by atoms with Gasteiger partial charge in [-0.25, -0.2) is 0 Å². The van der Waals surface area contributed by atoms with Gasteiger partial charge in [0, 0.05) is 10.5 Å². The molecule has 0 bridgehead atoms. The monoisotopic (exact) mass is 311 g/mol. The van der Waals surface area contributed by atoms with Gasteiger partial charge < -0.3 is 10.4 Å². The Balaban J connectivity index is 2.13. The Labute approximate surface area is 118 Å². The molecule has 0 radical (unpaired) electrons. The van der Waals surface area contributed by atoms with Crippen LogP contribution in [0.1, 0.15) is 44.6 Å². The third kappa shape index (κ3) is 3.34. The Morgan fingerprint density at radius 2 is 2.06 bits per heavy atom. The molecule has 1 unspecified atom stereocenters. The van der Waals surface area contributed by atoms with Crippen LogP contribution in [0.25, 0.3) is 0 Å². The van der Waals surface area contributed by atoms with Crippen molar-refractivity contribution in [2.45, 2.75) is 50.6 Å². The molecule has 0 aromatic heterocycles. The maximum absolute atomic E-state index is 9.78. The highest BCUT2D eigenvalue weighted by molar-refractivity contribution is 9.10. The highest BCUT2D eigenvalue weighted by atomic mass is 79.9. The van der Waals surface area contributed by atoms with Crippen molar-refractivity contribution in [2.75, 3.05) is 6.61 Å².